The van der Waals surface area contributed by atoms with Crippen LogP contribution >= 0.6 is 0 Å². The summed E-state index contributed by atoms with van der Waals surface area (Å²) in [5.41, 5.74) is 8.44. The van der Waals surface area contributed by atoms with E-state index in [1.165, 1.54) is 5.56 Å². The van der Waals surface area contributed by atoms with Crippen LogP contribution in [0.2, 0.25) is 0 Å². The van der Waals surface area contributed by atoms with Crippen molar-refractivity contribution in [3.63, 3.8) is 0 Å². The molecule has 1 rings (SSSR count). The van der Waals surface area contributed by atoms with E-state index in [1.54, 1.807) is 0 Å². The highest BCUT2D eigenvalue weighted by Crippen LogP contribution is 2.24. The zero-order valence-electron chi connectivity index (χ0n) is 11.1. The largest absolute Gasteiger partial charge is 0.351 e. The predicted octanol–water partition coefficient (Wildman–Crippen LogP) is 1.98. The molecule has 0 spiro atoms. The van der Waals surface area contributed by atoms with Gasteiger partial charge in [-0.05, 0) is 29.5 Å². The van der Waals surface area contributed by atoms with Crippen molar-refractivity contribution >= 4 is 5.91 Å². The van der Waals surface area contributed by atoms with Gasteiger partial charge in [0.25, 0.3) is 5.91 Å². The average molecular weight is 234 g/mol. The number of nitrogens with two attached hydrogens (primary N) is 1. The number of hydrogen-bond acceptors (Lipinski definition) is 2. The van der Waals surface area contributed by atoms with Crippen molar-refractivity contribution in [2.24, 2.45) is 5.73 Å². The van der Waals surface area contributed by atoms with Gasteiger partial charge < -0.3 is 11.1 Å². The van der Waals surface area contributed by atoms with Gasteiger partial charge in [0, 0.05) is 18.7 Å². The van der Waals surface area contributed by atoms with Crippen LogP contribution in [0.25, 0.3) is 0 Å². The third-order valence-electron chi connectivity index (χ3n) is 2.77. The number of hydrogen-bond donors (Lipinski definition) is 2. The van der Waals surface area contributed by atoms with Crippen LogP contribution in [0.4, 0.5) is 0 Å². The molecule has 0 fully saturated rings. The third kappa shape index (κ3) is 3.56. The summed E-state index contributed by atoms with van der Waals surface area (Å²) in [4.78, 5) is 11.8. The predicted molar refractivity (Wildman–Crippen MR) is 71.3 cm³/mol. The molecule has 0 unspecified atom stereocenters. The number of amides is 1. The van der Waals surface area contributed by atoms with E-state index in [0.29, 0.717) is 13.1 Å². The number of rotatable bonds is 3. The SMILES string of the molecule is Cc1cc(C(C)(C)C)ccc1C(=O)NCCN. The van der Waals surface area contributed by atoms with Crippen LogP contribution in [-0.2, 0) is 5.41 Å². The van der Waals surface area contributed by atoms with E-state index in [4.69, 9.17) is 5.73 Å². The Morgan fingerprint density at radius 2 is 2.00 bits per heavy atom. The highest BCUT2D eigenvalue weighted by molar-refractivity contribution is 5.95. The number of carbonyl (C=O) groups excluding carboxylic acids is 1. The molecule has 0 aliphatic heterocycles. The molecule has 1 amide bonds. The Bertz CT molecular complexity index is 405. The summed E-state index contributed by atoms with van der Waals surface area (Å²) in [5, 5.41) is 2.78. The summed E-state index contributed by atoms with van der Waals surface area (Å²) in [6, 6.07) is 5.99. The Kier molecular flexibility index (Phi) is 4.29. The van der Waals surface area contributed by atoms with Crippen LogP contribution < -0.4 is 11.1 Å². The fourth-order valence-electron chi connectivity index (χ4n) is 1.67. The van der Waals surface area contributed by atoms with E-state index in [1.807, 2.05) is 19.1 Å². The minimum absolute atomic E-state index is 0.0478. The van der Waals surface area contributed by atoms with E-state index in [-0.39, 0.29) is 11.3 Å². The first-order valence-corrected chi connectivity index (χ1v) is 5.95. The van der Waals surface area contributed by atoms with Crippen LogP contribution in [-0.4, -0.2) is 19.0 Å². The van der Waals surface area contributed by atoms with E-state index in [2.05, 4.69) is 32.2 Å². The van der Waals surface area contributed by atoms with Gasteiger partial charge in [-0.1, -0.05) is 32.9 Å². The molecule has 0 heterocycles. The van der Waals surface area contributed by atoms with E-state index < -0.39 is 0 Å². The topological polar surface area (TPSA) is 55.1 Å². The highest BCUT2D eigenvalue weighted by atomic mass is 16.1. The molecule has 0 atom stereocenters. The molecule has 3 heteroatoms. The normalized spacial score (nSPS) is 11.4. The summed E-state index contributed by atoms with van der Waals surface area (Å²) in [7, 11) is 0. The molecule has 0 saturated heterocycles. The van der Waals surface area contributed by atoms with Crippen LogP contribution in [0.5, 0.6) is 0 Å². The monoisotopic (exact) mass is 234 g/mol. The first kappa shape index (κ1) is 13.7. The van der Waals surface area contributed by atoms with Gasteiger partial charge in [0.1, 0.15) is 0 Å². The molecular formula is C14H22N2O. The number of benzene rings is 1. The van der Waals surface area contributed by atoms with Gasteiger partial charge in [-0.2, -0.15) is 0 Å². The molecule has 0 aliphatic rings. The van der Waals surface area contributed by atoms with Gasteiger partial charge in [0.2, 0.25) is 0 Å². The van der Waals surface area contributed by atoms with Gasteiger partial charge in [-0.15, -0.1) is 0 Å². The van der Waals surface area contributed by atoms with Gasteiger partial charge in [-0.25, -0.2) is 0 Å². The Morgan fingerprint density at radius 3 is 2.47 bits per heavy atom. The third-order valence-corrected chi connectivity index (χ3v) is 2.77. The number of carbonyl (C=O) groups is 1. The van der Waals surface area contributed by atoms with Crippen molar-refractivity contribution in [3.05, 3.63) is 34.9 Å². The Labute approximate surface area is 103 Å². The molecule has 3 nitrogen and oxygen atoms in total. The smallest absolute Gasteiger partial charge is 0.251 e. The number of aryl methyl sites for hydroxylation is 1. The first-order valence-electron chi connectivity index (χ1n) is 5.95. The molecule has 1 aromatic carbocycles. The molecule has 0 bridgehead atoms. The zero-order valence-corrected chi connectivity index (χ0v) is 11.1. The molecule has 1 aromatic rings. The van der Waals surface area contributed by atoms with E-state index in [0.717, 1.165) is 11.1 Å². The second-order valence-electron chi connectivity index (χ2n) is 5.32. The molecule has 17 heavy (non-hydrogen) atoms. The Hall–Kier alpha value is -1.35. The molecule has 94 valence electrons. The average Bonchev–Trinajstić information content (AvgIpc) is 2.24. The summed E-state index contributed by atoms with van der Waals surface area (Å²) < 4.78 is 0. The maximum atomic E-state index is 11.8. The van der Waals surface area contributed by atoms with Crippen LogP contribution in [0.15, 0.2) is 18.2 Å². The lowest BCUT2D eigenvalue weighted by molar-refractivity contribution is 0.0954. The summed E-state index contributed by atoms with van der Waals surface area (Å²) >= 11 is 0. The number of nitrogens with one attached hydrogen (secondary N) is 1. The first-order chi connectivity index (χ1) is 7.86. The van der Waals surface area contributed by atoms with Crippen molar-refractivity contribution in [2.75, 3.05) is 13.1 Å². The molecule has 0 aromatic heterocycles. The van der Waals surface area contributed by atoms with Crippen molar-refractivity contribution in [1.82, 2.24) is 5.32 Å². The Balaban J connectivity index is 2.94. The lowest BCUT2D eigenvalue weighted by Crippen LogP contribution is -2.29. The van der Waals surface area contributed by atoms with Crippen molar-refractivity contribution in [2.45, 2.75) is 33.1 Å². The van der Waals surface area contributed by atoms with Crippen LogP contribution in [0.1, 0.15) is 42.3 Å². The second-order valence-corrected chi connectivity index (χ2v) is 5.32. The standard InChI is InChI=1S/C14H22N2O/c1-10-9-11(14(2,3)4)5-6-12(10)13(17)16-8-7-15/h5-6,9H,7-8,15H2,1-4H3,(H,16,17). The van der Waals surface area contributed by atoms with Gasteiger partial charge >= 0.3 is 0 Å². The maximum absolute atomic E-state index is 11.8. The molecular weight excluding hydrogens is 212 g/mol. The summed E-state index contributed by atoms with van der Waals surface area (Å²) in [5.74, 6) is -0.0478. The van der Waals surface area contributed by atoms with Crippen LogP contribution in [0.3, 0.4) is 0 Å². The second kappa shape index (κ2) is 5.32. The van der Waals surface area contributed by atoms with Gasteiger partial charge in [0.05, 0.1) is 0 Å². The van der Waals surface area contributed by atoms with Crippen molar-refractivity contribution in [1.29, 1.82) is 0 Å². The summed E-state index contributed by atoms with van der Waals surface area (Å²) in [6.45, 7) is 9.43. The fourth-order valence-corrected chi connectivity index (χ4v) is 1.67. The highest BCUT2D eigenvalue weighted by Gasteiger charge is 2.16. The molecule has 0 saturated carbocycles. The molecule has 0 radical (unpaired) electrons. The van der Waals surface area contributed by atoms with Crippen molar-refractivity contribution < 1.29 is 4.79 Å². The fraction of sp³-hybridized carbons (Fsp3) is 0.500. The van der Waals surface area contributed by atoms with Gasteiger partial charge in [-0.3, -0.25) is 4.79 Å². The lowest BCUT2D eigenvalue weighted by atomic mass is 9.85. The zero-order chi connectivity index (χ0) is 13.1. The van der Waals surface area contributed by atoms with Crippen molar-refractivity contribution in [3.8, 4) is 0 Å². The summed E-state index contributed by atoms with van der Waals surface area (Å²) in [6.07, 6.45) is 0. The minimum atomic E-state index is -0.0478. The lowest BCUT2D eigenvalue weighted by Gasteiger charge is -2.20. The minimum Gasteiger partial charge on any atom is -0.351 e. The van der Waals surface area contributed by atoms with Gasteiger partial charge in [0.15, 0.2) is 0 Å². The van der Waals surface area contributed by atoms with E-state index >= 15 is 0 Å². The Morgan fingerprint density at radius 1 is 1.35 bits per heavy atom. The maximum Gasteiger partial charge on any atom is 0.251 e. The van der Waals surface area contributed by atoms with Crippen LogP contribution in [0, 0.1) is 6.92 Å². The molecule has 3 N–H and O–H groups in total. The molecule has 0 aliphatic carbocycles. The van der Waals surface area contributed by atoms with E-state index in [9.17, 15) is 4.79 Å². The quantitative estimate of drug-likeness (QED) is 0.840.